The first-order valence-electron chi connectivity index (χ1n) is 6.11. The monoisotopic (exact) mass is 308 g/mol. The SMILES string of the molecule is CCc1cc(Oc2cc(Cl)ccc2C(=N)N)ccc1Cl. The molecule has 3 nitrogen and oxygen atoms in total. The maximum Gasteiger partial charge on any atom is 0.139 e. The maximum absolute atomic E-state index is 7.56. The van der Waals surface area contributed by atoms with Crippen LogP contribution in [0.5, 0.6) is 11.5 Å². The maximum atomic E-state index is 7.56. The summed E-state index contributed by atoms with van der Waals surface area (Å²) < 4.78 is 5.79. The van der Waals surface area contributed by atoms with Crippen molar-refractivity contribution in [1.29, 1.82) is 5.41 Å². The molecule has 5 heteroatoms. The van der Waals surface area contributed by atoms with Crippen molar-refractivity contribution in [1.82, 2.24) is 0 Å². The van der Waals surface area contributed by atoms with Crippen molar-refractivity contribution in [3.8, 4) is 11.5 Å². The normalized spacial score (nSPS) is 10.3. The first kappa shape index (κ1) is 14.7. The minimum atomic E-state index is -0.0682. The van der Waals surface area contributed by atoms with E-state index in [0.29, 0.717) is 27.1 Å². The summed E-state index contributed by atoms with van der Waals surface area (Å²) in [4.78, 5) is 0. The number of benzene rings is 2. The van der Waals surface area contributed by atoms with Gasteiger partial charge in [-0.3, -0.25) is 5.41 Å². The quantitative estimate of drug-likeness (QED) is 0.639. The Kier molecular flexibility index (Phi) is 4.53. The van der Waals surface area contributed by atoms with Gasteiger partial charge in [0.25, 0.3) is 0 Å². The molecule has 0 saturated heterocycles. The van der Waals surface area contributed by atoms with Gasteiger partial charge in [-0.05, 0) is 42.3 Å². The summed E-state index contributed by atoms with van der Waals surface area (Å²) in [5.74, 6) is 1.02. The molecule has 0 aliphatic rings. The summed E-state index contributed by atoms with van der Waals surface area (Å²) in [6, 6.07) is 10.4. The van der Waals surface area contributed by atoms with Crippen LogP contribution >= 0.6 is 23.2 Å². The lowest BCUT2D eigenvalue weighted by Crippen LogP contribution is -2.12. The summed E-state index contributed by atoms with van der Waals surface area (Å²) in [5.41, 5.74) is 7.04. The van der Waals surface area contributed by atoms with Crippen LogP contribution in [0.15, 0.2) is 36.4 Å². The summed E-state index contributed by atoms with van der Waals surface area (Å²) in [6.07, 6.45) is 0.811. The predicted molar refractivity (Wildman–Crippen MR) is 83.4 cm³/mol. The van der Waals surface area contributed by atoms with E-state index in [9.17, 15) is 0 Å². The Morgan fingerprint density at radius 3 is 2.60 bits per heavy atom. The third kappa shape index (κ3) is 3.24. The van der Waals surface area contributed by atoms with Gasteiger partial charge >= 0.3 is 0 Å². The van der Waals surface area contributed by atoms with Crippen LogP contribution in [0.25, 0.3) is 0 Å². The van der Waals surface area contributed by atoms with Crippen LogP contribution in [-0.4, -0.2) is 5.84 Å². The van der Waals surface area contributed by atoms with Crippen LogP contribution in [0.4, 0.5) is 0 Å². The molecule has 104 valence electrons. The van der Waals surface area contributed by atoms with Crippen LogP contribution in [0, 0.1) is 5.41 Å². The van der Waals surface area contributed by atoms with Crippen molar-refractivity contribution < 1.29 is 4.74 Å². The van der Waals surface area contributed by atoms with Crippen LogP contribution in [-0.2, 0) is 6.42 Å². The Hall–Kier alpha value is -1.71. The number of rotatable bonds is 4. The number of amidine groups is 1. The Morgan fingerprint density at radius 2 is 1.95 bits per heavy atom. The molecule has 2 aromatic rings. The number of ether oxygens (including phenoxy) is 1. The smallest absolute Gasteiger partial charge is 0.139 e. The van der Waals surface area contributed by atoms with E-state index in [1.807, 2.05) is 13.0 Å². The second-order valence-corrected chi connectivity index (χ2v) is 5.11. The van der Waals surface area contributed by atoms with E-state index in [0.717, 1.165) is 12.0 Å². The first-order chi connectivity index (χ1) is 9.51. The highest BCUT2D eigenvalue weighted by atomic mass is 35.5. The second kappa shape index (κ2) is 6.16. The molecule has 0 aliphatic carbocycles. The molecule has 0 spiro atoms. The molecule has 3 N–H and O–H groups in total. The zero-order valence-corrected chi connectivity index (χ0v) is 12.4. The van der Waals surface area contributed by atoms with Crippen LogP contribution < -0.4 is 10.5 Å². The summed E-state index contributed by atoms with van der Waals surface area (Å²) in [7, 11) is 0. The average Bonchev–Trinajstić information content (AvgIpc) is 2.40. The van der Waals surface area contributed by atoms with Crippen molar-refractivity contribution in [2.75, 3.05) is 0 Å². The minimum Gasteiger partial charge on any atom is -0.457 e. The summed E-state index contributed by atoms with van der Waals surface area (Å²) in [5, 5.41) is 8.79. The van der Waals surface area contributed by atoms with Gasteiger partial charge < -0.3 is 10.5 Å². The fourth-order valence-electron chi connectivity index (χ4n) is 1.82. The lowest BCUT2D eigenvalue weighted by molar-refractivity contribution is 0.481. The highest BCUT2D eigenvalue weighted by Crippen LogP contribution is 2.30. The third-order valence-electron chi connectivity index (χ3n) is 2.86. The molecule has 0 aromatic heterocycles. The number of hydrogen-bond acceptors (Lipinski definition) is 2. The van der Waals surface area contributed by atoms with E-state index < -0.39 is 0 Å². The van der Waals surface area contributed by atoms with Gasteiger partial charge in [0, 0.05) is 16.1 Å². The highest BCUT2D eigenvalue weighted by Gasteiger charge is 2.10. The molecule has 0 aliphatic heterocycles. The van der Waals surface area contributed by atoms with Crippen LogP contribution in [0.3, 0.4) is 0 Å². The van der Waals surface area contributed by atoms with Crippen molar-refractivity contribution in [3.63, 3.8) is 0 Å². The summed E-state index contributed by atoms with van der Waals surface area (Å²) in [6.45, 7) is 2.02. The first-order valence-corrected chi connectivity index (χ1v) is 6.87. The Balaban J connectivity index is 2.39. The minimum absolute atomic E-state index is 0.0682. The summed E-state index contributed by atoms with van der Waals surface area (Å²) >= 11 is 12.0. The predicted octanol–water partition coefficient (Wildman–Crippen LogP) is 4.63. The Bertz CT molecular complexity index is 656. The second-order valence-electron chi connectivity index (χ2n) is 4.26. The van der Waals surface area contributed by atoms with E-state index in [-0.39, 0.29) is 5.84 Å². The molecular formula is C15H14Cl2N2O. The lowest BCUT2D eigenvalue weighted by Gasteiger charge is -2.12. The van der Waals surface area contributed by atoms with Crippen molar-refractivity contribution >= 4 is 29.0 Å². The Labute approximate surface area is 127 Å². The van der Waals surface area contributed by atoms with Crippen LogP contribution in [0.2, 0.25) is 10.0 Å². The molecule has 0 unspecified atom stereocenters. The Morgan fingerprint density at radius 1 is 1.20 bits per heavy atom. The molecular weight excluding hydrogens is 295 g/mol. The molecule has 20 heavy (non-hydrogen) atoms. The van der Waals surface area contributed by atoms with Gasteiger partial charge in [0.05, 0.1) is 5.56 Å². The molecule has 2 rings (SSSR count). The fraction of sp³-hybridized carbons (Fsp3) is 0.133. The third-order valence-corrected chi connectivity index (χ3v) is 3.46. The number of nitrogens with one attached hydrogen (secondary N) is 1. The van der Waals surface area contributed by atoms with Gasteiger partial charge in [-0.15, -0.1) is 0 Å². The van der Waals surface area contributed by atoms with Crippen molar-refractivity contribution in [3.05, 3.63) is 57.6 Å². The van der Waals surface area contributed by atoms with E-state index in [2.05, 4.69) is 0 Å². The average molecular weight is 309 g/mol. The number of hydrogen-bond donors (Lipinski definition) is 2. The van der Waals surface area contributed by atoms with E-state index in [1.54, 1.807) is 30.3 Å². The molecule has 0 heterocycles. The van der Waals surface area contributed by atoms with E-state index in [4.69, 9.17) is 39.1 Å². The van der Waals surface area contributed by atoms with Gasteiger partial charge in [0.15, 0.2) is 0 Å². The highest BCUT2D eigenvalue weighted by molar-refractivity contribution is 6.31. The zero-order chi connectivity index (χ0) is 14.7. The fourth-order valence-corrected chi connectivity index (χ4v) is 2.23. The van der Waals surface area contributed by atoms with E-state index in [1.165, 1.54) is 0 Å². The molecule has 0 radical (unpaired) electrons. The van der Waals surface area contributed by atoms with E-state index >= 15 is 0 Å². The van der Waals surface area contributed by atoms with Gasteiger partial charge in [-0.1, -0.05) is 30.1 Å². The number of nitrogens with two attached hydrogens (primary N) is 1. The number of nitrogen functional groups attached to an aromatic ring is 1. The van der Waals surface area contributed by atoms with Gasteiger partial charge in [-0.2, -0.15) is 0 Å². The molecule has 0 amide bonds. The number of halogens is 2. The van der Waals surface area contributed by atoms with Crippen molar-refractivity contribution in [2.45, 2.75) is 13.3 Å². The topological polar surface area (TPSA) is 59.1 Å². The molecule has 0 fully saturated rings. The standard InChI is InChI=1S/C15H14Cl2N2O/c1-2-9-7-11(4-6-13(9)17)20-14-8-10(16)3-5-12(14)15(18)19/h3-8H,2H2,1H3,(H3,18,19). The molecule has 0 bridgehead atoms. The van der Waals surface area contributed by atoms with Crippen LogP contribution in [0.1, 0.15) is 18.1 Å². The largest absolute Gasteiger partial charge is 0.457 e. The van der Waals surface area contributed by atoms with Gasteiger partial charge in [0.1, 0.15) is 17.3 Å². The lowest BCUT2D eigenvalue weighted by atomic mass is 10.1. The van der Waals surface area contributed by atoms with Crippen molar-refractivity contribution in [2.24, 2.45) is 5.73 Å². The van der Waals surface area contributed by atoms with Gasteiger partial charge in [0.2, 0.25) is 0 Å². The van der Waals surface area contributed by atoms with Gasteiger partial charge in [-0.25, -0.2) is 0 Å². The molecule has 0 saturated carbocycles. The molecule has 0 atom stereocenters. The zero-order valence-electron chi connectivity index (χ0n) is 10.9. The molecule has 2 aromatic carbocycles. The number of aryl methyl sites for hydroxylation is 1.